The molecule has 1 aromatic rings. The predicted octanol–water partition coefficient (Wildman–Crippen LogP) is 1.57. The predicted molar refractivity (Wildman–Crippen MR) is 77.0 cm³/mol. The Hall–Kier alpha value is -1.15. The van der Waals surface area contributed by atoms with E-state index in [9.17, 15) is 18.3 Å². The molecule has 0 unspecified atom stereocenters. The van der Waals surface area contributed by atoms with Gasteiger partial charge in [0.05, 0.1) is 16.2 Å². The first-order chi connectivity index (χ1) is 9.69. The lowest BCUT2D eigenvalue weighted by Gasteiger charge is -2.45. The van der Waals surface area contributed by atoms with Crippen LogP contribution in [0.1, 0.15) is 30.1 Å². The van der Waals surface area contributed by atoms with Crippen LogP contribution in [0, 0.1) is 0 Å². The maximum absolute atomic E-state index is 12.4. The van der Waals surface area contributed by atoms with Crippen LogP contribution in [0.4, 0.5) is 0 Å². The van der Waals surface area contributed by atoms with Gasteiger partial charge in [0.25, 0.3) is 0 Å². The van der Waals surface area contributed by atoms with Gasteiger partial charge in [-0.05, 0) is 24.6 Å². The molecule has 2 rings (SSSR count). The molecule has 116 valence electrons. The van der Waals surface area contributed by atoms with Crippen molar-refractivity contribution in [1.82, 2.24) is 4.31 Å². The Morgan fingerprint density at radius 3 is 2.57 bits per heavy atom. The topological polar surface area (TPSA) is 94.9 Å². The van der Waals surface area contributed by atoms with E-state index in [4.69, 9.17) is 16.7 Å². The molecule has 0 bridgehead atoms. The maximum Gasteiger partial charge on any atom is 0.335 e. The van der Waals surface area contributed by atoms with Crippen LogP contribution < -0.4 is 0 Å². The number of hydrogen-bond acceptors (Lipinski definition) is 4. The van der Waals surface area contributed by atoms with Crippen molar-refractivity contribution >= 4 is 27.6 Å². The van der Waals surface area contributed by atoms with E-state index in [1.165, 1.54) is 12.1 Å². The summed E-state index contributed by atoms with van der Waals surface area (Å²) in [4.78, 5) is 10.7. The molecule has 1 saturated heterocycles. The van der Waals surface area contributed by atoms with Crippen molar-refractivity contribution in [2.24, 2.45) is 0 Å². The van der Waals surface area contributed by atoms with E-state index in [0.29, 0.717) is 6.42 Å². The molecule has 0 aliphatic carbocycles. The van der Waals surface area contributed by atoms with Crippen molar-refractivity contribution < 1.29 is 23.4 Å². The number of β-amino-alcohol motifs (C(OH)–C–C–N with tert-alkyl or cyclic N) is 1. The summed E-state index contributed by atoms with van der Waals surface area (Å²) < 4.78 is 26.0. The molecule has 8 heteroatoms. The van der Waals surface area contributed by atoms with Gasteiger partial charge >= 0.3 is 5.97 Å². The number of nitrogens with zero attached hydrogens (tertiary/aromatic N) is 1. The summed E-state index contributed by atoms with van der Waals surface area (Å²) in [6.45, 7) is 1.90. The third-order valence-corrected chi connectivity index (χ3v) is 5.73. The van der Waals surface area contributed by atoms with E-state index in [0.717, 1.165) is 16.8 Å². The highest BCUT2D eigenvalue weighted by Gasteiger charge is 2.47. The summed E-state index contributed by atoms with van der Waals surface area (Å²) in [5, 5.41) is 19.0. The summed E-state index contributed by atoms with van der Waals surface area (Å²) in [7, 11) is -3.90. The minimum Gasteiger partial charge on any atom is -0.478 e. The zero-order valence-corrected chi connectivity index (χ0v) is 13.0. The molecule has 1 aliphatic rings. The normalized spacial score (nSPS) is 18.2. The van der Waals surface area contributed by atoms with Crippen molar-refractivity contribution in [3.05, 3.63) is 28.8 Å². The van der Waals surface area contributed by atoms with Crippen LogP contribution in [-0.4, -0.2) is 47.6 Å². The van der Waals surface area contributed by atoms with Crippen LogP contribution >= 0.6 is 11.6 Å². The van der Waals surface area contributed by atoms with E-state index in [2.05, 4.69) is 0 Å². The van der Waals surface area contributed by atoms with Crippen LogP contribution in [-0.2, 0) is 10.0 Å². The summed E-state index contributed by atoms with van der Waals surface area (Å²) in [5.41, 5.74) is -1.15. The average molecular weight is 334 g/mol. The Morgan fingerprint density at radius 2 is 2.05 bits per heavy atom. The van der Waals surface area contributed by atoms with Crippen LogP contribution in [0.15, 0.2) is 23.1 Å². The van der Waals surface area contributed by atoms with Crippen molar-refractivity contribution in [3.63, 3.8) is 0 Å². The standard InChI is InChI=1S/C13H16ClNO5S/c1-2-5-13(18)7-15(8-13)21(19,20)11-6-9(12(16)17)3-4-10(11)14/h3-4,6,18H,2,5,7-8H2,1H3,(H,16,17). The van der Waals surface area contributed by atoms with Gasteiger partial charge in [-0.1, -0.05) is 24.9 Å². The monoisotopic (exact) mass is 333 g/mol. The number of carboxylic acids is 1. The minimum absolute atomic E-state index is 0.00317. The number of carboxylic acid groups (broad SMARTS) is 1. The second-order valence-corrected chi connectivity index (χ2v) is 7.51. The SMILES string of the molecule is CCCC1(O)CN(S(=O)(=O)c2cc(C(=O)O)ccc2Cl)C1. The van der Waals surface area contributed by atoms with Crippen molar-refractivity contribution in [1.29, 1.82) is 0 Å². The molecule has 0 saturated carbocycles. The number of halogens is 1. The second kappa shape index (κ2) is 5.57. The van der Waals surface area contributed by atoms with Crippen LogP contribution in [0.3, 0.4) is 0 Å². The number of carbonyl (C=O) groups is 1. The van der Waals surface area contributed by atoms with Crippen molar-refractivity contribution in [2.45, 2.75) is 30.3 Å². The van der Waals surface area contributed by atoms with Crippen molar-refractivity contribution in [2.75, 3.05) is 13.1 Å². The van der Waals surface area contributed by atoms with Gasteiger partial charge in [-0.15, -0.1) is 0 Å². The second-order valence-electron chi connectivity index (χ2n) is 5.20. The van der Waals surface area contributed by atoms with E-state index in [1.54, 1.807) is 0 Å². The molecular formula is C13H16ClNO5S. The molecular weight excluding hydrogens is 318 g/mol. The quantitative estimate of drug-likeness (QED) is 0.853. The molecule has 0 radical (unpaired) electrons. The van der Waals surface area contributed by atoms with Crippen LogP contribution in [0.25, 0.3) is 0 Å². The lowest BCUT2D eigenvalue weighted by atomic mass is 9.92. The van der Waals surface area contributed by atoms with E-state index in [-0.39, 0.29) is 28.6 Å². The summed E-state index contributed by atoms with van der Waals surface area (Å²) >= 11 is 5.88. The van der Waals surface area contributed by atoms with E-state index >= 15 is 0 Å². The van der Waals surface area contributed by atoms with Gasteiger partial charge in [-0.25, -0.2) is 13.2 Å². The molecule has 2 N–H and O–H groups in total. The Kier molecular flexibility index (Phi) is 4.30. The highest BCUT2D eigenvalue weighted by Crippen LogP contribution is 2.34. The van der Waals surface area contributed by atoms with Gasteiger partial charge in [0, 0.05) is 13.1 Å². The molecule has 1 fully saturated rings. The van der Waals surface area contributed by atoms with Gasteiger partial charge in [-0.3, -0.25) is 0 Å². The fraction of sp³-hybridized carbons (Fsp3) is 0.462. The molecule has 0 amide bonds. The number of sulfonamides is 1. The molecule has 6 nitrogen and oxygen atoms in total. The van der Waals surface area contributed by atoms with Gasteiger partial charge in [0.15, 0.2) is 0 Å². The van der Waals surface area contributed by atoms with Gasteiger partial charge < -0.3 is 10.2 Å². The molecule has 1 heterocycles. The Labute approximate surface area is 128 Å². The minimum atomic E-state index is -3.90. The fourth-order valence-corrected chi connectivity index (χ4v) is 4.48. The molecule has 1 aromatic carbocycles. The third-order valence-electron chi connectivity index (χ3n) is 3.45. The van der Waals surface area contributed by atoms with Crippen molar-refractivity contribution in [3.8, 4) is 0 Å². The van der Waals surface area contributed by atoms with Gasteiger partial charge in [-0.2, -0.15) is 4.31 Å². The Bertz CT molecular complexity index is 667. The number of benzene rings is 1. The smallest absolute Gasteiger partial charge is 0.335 e. The average Bonchev–Trinajstić information content (AvgIpc) is 2.36. The third kappa shape index (κ3) is 3.06. The fourth-order valence-electron chi connectivity index (χ4n) is 2.38. The van der Waals surface area contributed by atoms with E-state index in [1.807, 2.05) is 6.92 Å². The van der Waals surface area contributed by atoms with Gasteiger partial charge in [0.2, 0.25) is 10.0 Å². The summed E-state index contributed by atoms with van der Waals surface area (Å²) in [6, 6.07) is 3.53. The first-order valence-corrected chi connectivity index (χ1v) is 8.27. The summed E-state index contributed by atoms with van der Waals surface area (Å²) in [5.74, 6) is -1.23. The molecule has 21 heavy (non-hydrogen) atoms. The van der Waals surface area contributed by atoms with Gasteiger partial charge in [0.1, 0.15) is 4.90 Å². The summed E-state index contributed by atoms with van der Waals surface area (Å²) in [6.07, 6.45) is 1.27. The largest absolute Gasteiger partial charge is 0.478 e. The first-order valence-electron chi connectivity index (χ1n) is 6.45. The number of aromatic carboxylic acids is 1. The van der Waals surface area contributed by atoms with Crippen LogP contribution in [0.5, 0.6) is 0 Å². The highest BCUT2D eigenvalue weighted by molar-refractivity contribution is 7.89. The Morgan fingerprint density at radius 1 is 1.43 bits per heavy atom. The van der Waals surface area contributed by atoms with E-state index < -0.39 is 21.6 Å². The molecule has 0 aromatic heterocycles. The Balaban J connectivity index is 2.30. The molecule has 0 atom stereocenters. The number of hydrogen-bond donors (Lipinski definition) is 2. The number of aliphatic hydroxyl groups is 1. The van der Waals surface area contributed by atoms with Crippen LogP contribution in [0.2, 0.25) is 5.02 Å². The lowest BCUT2D eigenvalue weighted by Crippen LogP contribution is -2.63. The first kappa shape index (κ1) is 16.2. The highest BCUT2D eigenvalue weighted by atomic mass is 35.5. The maximum atomic E-state index is 12.4. The molecule has 0 spiro atoms. The zero-order chi connectivity index (χ0) is 15.8. The lowest BCUT2D eigenvalue weighted by molar-refractivity contribution is -0.0653. The molecule has 1 aliphatic heterocycles. The zero-order valence-electron chi connectivity index (χ0n) is 11.4. The number of rotatable bonds is 5.